The Morgan fingerprint density at radius 3 is 1.97 bits per heavy atom. The van der Waals surface area contributed by atoms with Crippen LogP contribution in [0, 0.1) is 13.8 Å². The summed E-state index contributed by atoms with van der Waals surface area (Å²) in [5.41, 5.74) is 13.5. The van der Waals surface area contributed by atoms with Crippen molar-refractivity contribution < 1.29 is 4.74 Å². The van der Waals surface area contributed by atoms with Crippen molar-refractivity contribution in [3.05, 3.63) is 125 Å². The Labute approximate surface area is 189 Å². The fourth-order valence-electron chi connectivity index (χ4n) is 4.35. The number of nitrogens with two attached hydrogens (primary N) is 1. The second kappa shape index (κ2) is 7.93. The summed E-state index contributed by atoms with van der Waals surface area (Å²) in [6.45, 7) is 4.23. The maximum Gasteiger partial charge on any atom is 0.178 e. The van der Waals surface area contributed by atoms with Crippen LogP contribution in [0.15, 0.2) is 97.1 Å². The average molecular weight is 419 g/mol. The molecule has 0 bridgehead atoms. The zero-order chi connectivity index (χ0) is 22.1. The van der Waals surface area contributed by atoms with Crippen molar-refractivity contribution in [2.45, 2.75) is 19.4 Å². The van der Waals surface area contributed by atoms with E-state index < -0.39 is 5.60 Å². The van der Waals surface area contributed by atoms with Gasteiger partial charge in [-0.05, 0) is 61.4 Å². The van der Waals surface area contributed by atoms with Gasteiger partial charge in [-0.25, -0.2) is 0 Å². The first-order chi connectivity index (χ1) is 15.6. The maximum absolute atomic E-state index is 6.89. The SMILES string of the molecule is Cc1cc(Nc2ccc(N)cc2)c(C)c2c1OC(c1ccccc1)(c1ccccc1)C=C2. The molecular weight excluding hydrogens is 392 g/mol. The monoisotopic (exact) mass is 418 g/mol. The fourth-order valence-corrected chi connectivity index (χ4v) is 4.35. The van der Waals surface area contributed by atoms with Crippen molar-refractivity contribution >= 4 is 23.1 Å². The van der Waals surface area contributed by atoms with Crippen molar-refractivity contribution in [3.63, 3.8) is 0 Å². The van der Waals surface area contributed by atoms with Crippen LogP contribution in [0.3, 0.4) is 0 Å². The van der Waals surface area contributed by atoms with Crippen LogP contribution in [0.4, 0.5) is 17.1 Å². The molecule has 0 aliphatic carbocycles. The Kier molecular flexibility index (Phi) is 4.95. The minimum Gasteiger partial charge on any atom is -0.473 e. The molecule has 3 nitrogen and oxygen atoms in total. The summed E-state index contributed by atoms with van der Waals surface area (Å²) in [7, 11) is 0. The van der Waals surface area contributed by atoms with E-state index in [4.69, 9.17) is 10.5 Å². The van der Waals surface area contributed by atoms with Gasteiger partial charge in [0.25, 0.3) is 0 Å². The van der Waals surface area contributed by atoms with Gasteiger partial charge in [0.1, 0.15) is 5.75 Å². The molecule has 32 heavy (non-hydrogen) atoms. The Hall–Kier alpha value is -3.98. The smallest absolute Gasteiger partial charge is 0.178 e. The van der Waals surface area contributed by atoms with E-state index >= 15 is 0 Å². The number of ether oxygens (including phenoxy) is 1. The van der Waals surface area contributed by atoms with E-state index in [1.165, 1.54) is 0 Å². The normalized spacial score (nSPS) is 13.8. The quantitative estimate of drug-likeness (QED) is 0.352. The van der Waals surface area contributed by atoms with Gasteiger partial charge in [0, 0.05) is 33.8 Å². The largest absolute Gasteiger partial charge is 0.473 e. The van der Waals surface area contributed by atoms with Gasteiger partial charge in [-0.15, -0.1) is 0 Å². The predicted octanol–water partition coefficient (Wildman–Crippen LogP) is 6.98. The summed E-state index contributed by atoms with van der Waals surface area (Å²) in [4.78, 5) is 0. The third-order valence-corrected chi connectivity index (χ3v) is 6.11. The van der Waals surface area contributed by atoms with Gasteiger partial charge in [-0.2, -0.15) is 0 Å². The van der Waals surface area contributed by atoms with Crippen molar-refractivity contribution in [3.8, 4) is 5.75 Å². The molecule has 3 N–H and O–H groups in total. The number of rotatable bonds is 4. The molecule has 1 aliphatic rings. The molecule has 0 radical (unpaired) electrons. The van der Waals surface area contributed by atoms with Gasteiger partial charge in [0.05, 0.1) is 0 Å². The standard InChI is InChI=1S/C29H26N2O/c1-20-19-27(31-25-15-13-24(30)14-16-25)21(2)26-17-18-29(32-28(20)26,22-9-5-3-6-10-22)23-11-7-4-8-12-23/h3-19,31H,30H2,1-2H3. The summed E-state index contributed by atoms with van der Waals surface area (Å²) in [6, 6.07) is 30.8. The van der Waals surface area contributed by atoms with Crippen LogP contribution in [0.25, 0.3) is 6.08 Å². The number of hydrogen-bond acceptors (Lipinski definition) is 3. The van der Waals surface area contributed by atoms with Crippen LogP contribution in [-0.4, -0.2) is 0 Å². The lowest BCUT2D eigenvalue weighted by molar-refractivity contribution is 0.159. The number of nitrogen functional groups attached to an aromatic ring is 1. The lowest BCUT2D eigenvalue weighted by Crippen LogP contribution is -2.34. The average Bonchev–Trinajstić information content (AvgIpc) is 2.84. The molecule has 3 heteroatoms. The summed E-state index contributed by atoms with van der Waals surface area (Å²) in [5, 5.41) is 3.53. The highest BCUT2D eigenvalue weighted by Gasteiger charge is 2.38. The molecular formula is C29H26N2O. The first kappa shape index (κ1) is 20.0. The zero-order valence-corrected chi connectivity index (χ0v) is 18.3. The van der Waals surface area contributed by atoms with Crippen LogP contribution >= 0.6 is 0 Å². The van der Waals surface area contributed by atoms with Crippen molar-refractivity contribution in [2.24, 2.45) is 0 Å². The Morgan fingerprint density at radius 1 is 0.781 bits per heavy atom. The van der Waals surface area contributed by atoms with Crippen LogP contribution in [-0.2, 0) is 5.60 Å². The number of nitrogens with one attached hydrogen (secondary N) is 1. The highest BCUT2D eigenvalue weighted by molar-refractivity contribution is 5.77. The lowest BCUT2D eigenvalue weighted by Gasteiger charge is -2.37. The molecule has 1 heterocycles. The maximum atomic E-state index is 6.89. The second-order valence-electron chi connectivity index (χ2n) is 8.26. The number of aryl methyl sites for hydroxylation is 1. The van der Waals surface area contributed by atoms with E-state index in [-0.39, 0.29) is 0 Å². The van der Waals surface area contributed by atoms with Crippen LogP contribution in [0.1, 0.15) is 27.8 Å². The molecule has 158 valence electrons. The third kappa shape index (κ3) is 3.42. The zero-order valence-electron chi connectivity index (χ0n) is 18.3. The molecule has 0 saturated carbocycles. The van der Waals surface area contributed by atoms with Crippen molar-refractivity contribution in [2.75, 3.05) is 11.1 Å². The Bertz CT molecular complexity index is 1240. The molecule has 0 saturated heterocycles. The molecule has 0 unspecified atom stereocenters. The molecule has 5 rings (SSSR count). The van der Waals surface area contributed by atoms with E-state index in [0.29, 0.717) is 0 Å². The minimum absolute atomic E-state index is 0.668. The second-order valence-corrected chi connectivity index (χ2v) is 8.26. The minimum atomic E-state index is -0.668. The summed E-state index contributed by atoms with van der Waals surface area (Å²) in [5.74, 6) is 0.917. The number of benzene rings is 4. The Balaban J connectivity index is 1.61. The number of anilines is 3. The molecule has 0 aromatic heterocycles. The molecule has 4 aromatic carbocycles. The van der Waals surface area contributed by atoms with Gasteiger partial charge in [-0.1, -0.05) is 66.7 Å². The lowest BCUT2D eigenvalue weighted by atomic mass is 9.83. The summed E-state index contributed by atoms with van der Waals surface area (Å²) in [6.07, 6.45) is 4.38. The van der Waals surface area contributed by atoms with E-state index in [1.807, 2.05) is 36.4 Å². The van der Waals surface area contributed by atoms with Gasteiger partial charge < -0.3 is 15.8 Å². The van der Waals surface area contributed by atoms with Crippen LogP contribution < -0.4 is 15.8 Å². The van der Waals surface area contributed by atoms with Gasteiger partial charge in [0.2, 0.25) is 0 Å². The van der Waals surface area contributed by atoms with Gasteiger partial charge in [0.15, 0.2) is 5.60 Å². The van der Waals surface area contributed by atoms with E-state index in [9.17, 15) is 0 Å². The van der Waals surface area contributed by atoms with Crippen LogP contribution in [0.2, 0.25) is 0 Å². The van der Waals surface area contributed by atoms with E-state index in [0.717, 1.165) is 50.6 Å². The molecule has 0 fully saturated rings. The van der Waals surface area contributed by atoms with Crippen LogP contribution in [0.5, 0.6) is 5.75 Å². The van der Waals surface area contributed by atoms with Crippen molar-refractivity contribution in [1.29, 1.82) is 0 Å². The molecule has 0 atom stereocenters. The highest BCUT2D eigenvalue weighted by Crippen LogP contribution is 2.46. The van der Waals surface area contributed by atoms with E-state index in [1.54, 1.807) is 0 Å². The molecule has 1 aliphatic heterocycles. The van der Waals surface area contributed by atoms with Crippen molar-refractivity contribution in [1.82, 2.24) is 0 Å². The first-order valence-corrected chi connectivity index (χ1v) is 10.8. The number of fused-ring (bicyclic) bond motifs is 1. The van der Waals surface area contributed by atoms with E-state index in [2.05, 4.69) is 85.9 Å². The fraction of sp³-hybridized carbons (Fsp3) is 0.103. The first-order valence-electron chi connectivity index (χ1n) is 10.8. The molecule has 0 spiro atoms. The van der Waals surface area contributed by atoms with Gasteiger partial charge >= 0.3 is 0 Å². The molecule has 0 amide bonds. The highest BCUT2D eigenvalue weighted by atomic mass is 16.5. The number of hydrogen-bond donors (Lipinski definition) is 2. The summed E-state index contributed by atoms with van der Waals surface area (Å²) >= 11 is 0. The topological polar surface area (TPSA) is 47.3 Å². The predicted molar refractivity (Wildman–Crippen MR) is 133 cm³/mol. The van der Waals surface area contributed by atoms with Gasteiger partial charge in [-0.3, -0.25) is 0 Å². The summed E-state index contributed by atoms with van der Waals surface area (Å²) < 4.78 is 6.89. The Morgan fingerprint density at radius 2 is 1.38 bits per heavy atom. The third-order valence-electron chi connectivity index (χ3n) is 6.11. The molecule has 4 aromatic rings.